The molecule has 2 rings (SSSR count). The van der Waals surface area contributed by atoms with Gasteiger partial charge in [-0.3, -0.25) is 0 Å². The maximum Gasteiger partial charge on any atom is 0.241 e. The highest BCUT2D eigenvalue weighted by Crippen LogP contribution is 2.44. The highest BCUT2D eigenvalue weighted by Gasteiger charge is 2.40. The van der Waals surface area contributed by atoms with Crippen LogP contribution in [0.15, 0.2) is 29.3 Å². The Morgan fingerprint density at radius 3 is 2.21 bits per heavy atom. The molecule has 2 aromatic rings. The molecule has 0 atom stereocenters. The first-order chi connectivity index (χ1) is 8.79. The molecule has 1 heterocycles. The number of ether oxygens (including phenoxy) is 1. The Morgan fingerprint density at radius 2 is 1.68 bits per heavy atom. The van der Waals surface area contributed by atoms with Gasteiger partial charge < -0.3 is 4.74 Å². The maximum absolute atomic E-state index is 12.4. The fourth-order valence-electron chi connectivity index (χ4n) is 1.51. The summed E-state index contributed by atoms with van der Waals surface area (Å²) in [4.78, 5) is 0. The maximum atomic E-state index is 12.4. The van der Waals surface area contributed by atoms with Crippen molar-refractivity contribution in [2.45, 2.75) is 6.50 Å². The summed E-state index contributed by atoms with van der Waals surface area (Å²) >= 11 is 9.01. The highest BCUT2D eigenvalue weighted by molar-refractivity contribution is 9.42. The van der Waals surface area contributed by atoms with Crippen molar-refractivity contribution in [2.75, 3.05) is 7.11 Å². The van der Waals surface area contributed by atoms with Crippen LogP contribution in [0.25, 0.3) is 10.8 Å². The molecule has 0 unspecified atom stereocenters. The third-order valence-corrected chi connectivity index (χ3v) is 7.63. The Kier molecular flexibility index (Phi) is 4.20. The van der Waals surface area contributed by atoms with Crippen molar-refractivity contribution in [3.8, 4) is 5.88 Å². The number of nitrogens with zero attached hydrogens (tertiary/aromatic N) is 2. The second-order valence-electron chi connectivity index (χ2n) is 3.51. The fourth-order valence-corrected chi connectivity index (χ4v) is 3.73. The molecule has 9 heteroatoms. The van der Waals surface area contributed by atoms with Gasteiger partial charge in [0.2, 0.25) is 17.2 Å². The summed E-state index contributed by atoms with van der Waals surface area (Å²) in [6, 6.07) is 6.87. The summed E-state index contributed by atoms with van der Waals surface area (Å²) in [6.07, 6.45) is 0. The Hall–Kier alpha value is -0.250. The molecule has 0 N–H and O–H groups in total. The van der Waals surface area contributed by atoms with E-state index in [1.54, 1.807) is 24.3 Å². The second kappa shape index (κ2) is 5.27. The molecular formula is C10H7Br3N2O3S. The van der Waals surface area contributed by atoms with Crippen LogP contribution in [0, 0.1) is 0 Å². The summed E-state index contributed by atoms with van der Waals surface area (Å²) in [6.45, 7) is 0. The number of fused-ring (bicyclic) bond motifs is 1. The van der Waals surface area contributed by atoms with Gasteiger partial charge in [-0.25, -0.2) is 8.42 Å². The first kappa shape index (κ1) is 15.1. The zero-order valence-corrected chi connectivity index (χ0v) is 15.0. The molecule has 0 radical (unpaired) electrons. The topological polar surface area (TPSA) is 69.2 Å². The van der Waals surface area contributed by atoms with Crippen molar-refractivity contribution in [3.05, 3.63) is 24.3 Å². The number of halogens is 3. The molecule has 1 aromatic heterocycles. The van der Waals surface area contributed by atoms with E-state index in [2.05, 4.69) is 58.0 Å². The molecule has 0 aliphatic carbocycles. The molecular weight excluding hydrogens is 468 g/mol. The van der Waals surface area contributed by atoms with Gasteiger partial charge in [-0.1, -0.05) is 18.2 Å². The molecule has 0 spiro atoms. The van der Waals surface area contributed by atoms with Gasteiger partial charge in [0.05, 0.1) is 7.11 Å². The lowest BCUT2D eigenvalue weighted by molar-refractivity contribution is 0.396. The van der Waals surface area contributed by atoms with E-state index in [0.29, 0.717) is 10.8 Å². The van der Waals surface area contributed by atoms with Gasteiger partial charge in [-0.2, -0.15) is 0 Å². The first-order valence-corrected chi connectivity index (χ1v) is 8.76. The number of sulfone groups is 1. The standard InChI is InChI=1S/C10H7Br3N2O3S/c1-18-8-6-4-2-3-5-7(6)9(15-14-8)19(16,17)10(11,12)13/h2-5H,1H3. The number of methoxy groups -OCH3 is 1. The molecule has 5 nitrogen and oxygen atoms in total. The van der Waals surface area contributed by atoms with Gasteiger partial charge in [-0.15, -0.1) is 10.2 Å². The van der Waals surface area contributed by atoms with Gasteiger partial charge in [0.15, 0.2) is 5.03 Å². The predicted octanol–water partition coefficient (Wildman–Crippen LogP) is 3.21. The molecule has 0 aliphatic rings. The summed E-state index contributed by atoms with van der Waals surface area (Å²) in [5.41, 5.74) is 0. The third-order valence-electron chi connectivity index (χ3n) is 2.37. The van der Waals surface area contributed by atoms with E-state index < -0.39 is 11.3 Å². The minimum Gasteiger partial charge on any atom is -0.479 e. The van der Waals surface area contributed by atoms with Crippen molar-refractivity contribution in [2.24, 2.45) is 0 Å². The van der Waals surface area contributed by atoms with Crippen LogP contribution >= 0.6 is 47.8 Å². The van der Waals surface area contributed by atoms with Gasteiger partial charge in [-0.05, 0) is 53.9 Å². The molecule has 0 saturated heterocycles. The number of benzene rings is 1. The molecule has 0 fully saturated rings. The summed E-state index contributed by atoms with van der Waals surface area (Å²) in [5.74, 6) is 0.277. The minimum atomic E-state index is -3.81. The summed E-state index contributed by atoms with van der Waals surface area (Å²) in [5, 5.41) is 8.43. The van der Waals surface area contributed by atoms with E-state index in [0.717, 1.165) is 0 Å². The second-order valence-corrected chi connectivity index (χ2v) is 13.9. The Labute approximate surface area is 135 Å². The van der Waals surface area contributed by atoms with Crippen LogP contribution in [0.3, 0.4) is 0 Å². The number of alkyl halides is 3. The van der Waals surface area contributed by atoms with Crippen molar-refractivity contribution in [1.29, 1.82) is 0 Å². The van der Waals surface area contributed by atoms with Crippen LogP contribution in [-0.4, -0.2) is 27.2 Å². The van der Waals surface area contributed by atoms with E-state index in [9.17, 15) is 8.42 Å². The van der Waals surface area contributed by atoms with Gasteiger partial charge in [0.1, 0.15) is 0 Å². The zero-order chi connectivity index (χ0) is 14.3. The lowest BCUT2D eigenvalue weighted by Crippen LogP contribution is -2.20. The Bertz CT molecular complexity index is 728. The van der Waals surface area contributed by atoms with Gasteiger partial charge in [0.25, 0.3) is 0 Å². The molecule has 102 valence electrons. The van der Waals surface area contributed by atoms with Crippen molar-refractivity contribution >= 4 is 68.4 Å². The summed E-state index contributed by atoms with van der Waals surface area (Å²) < 4.78 is 28.3. The zero-order valence-electron chi connectivity index (χ0n) is 9.47. The number of hydrogen-bond donors (Lipinski definition) is 0. The van der Waals surface area contributed by atoms with Crippen LogP contribution in [0.4, 0.5) is 0 Å². The minimum absolute atomic E-state index is 0.144. The molecule has 0 amide bonds. The van der Waals surface area contributed by atoms with Crippen LogP contribution in [-0.2, 0) is 9.84 Å². The largest absolute Gasteiger partial charge is 0.479 e. The van der Waals surface area contributed by atoms with E-state index in [-0.39, 0.29) is 10.9 Å². The molecule has 0 aliphatic heterocycles. The summed E-state index contributed by atoms with van der Waals surface area (Å²) in [7, 11) is -2.35. The van der Waals surface area contributed by atoms with E-state index in [1.165, 1.54) is 7.11 Å². The lowest BCUT2D eigenvalue weighted by atomic mass is 10.2. The molecule has 1 aromatic carbocycles. The van der Waals surface area contributed by atoms with Gasteiger partial charge >= 0.3 is 0 Å². The normalized spacial score (nSPS) is 12.6. The van der Waals surface area contributed by atoms with Crippen LogP contribution < -0.4 is 4.74 Å². The fraction of sp³-hybridized carbons (Fsp3) is 0.200. The van der Waals surface area contributed by atoms with Crippen LogP contribution in [0.1, 0.15) is 0 Å². The highest BCUT2D eigenvalue weighted by atomic mass is 80.0. The molecule has 0 saturated carbocycles. The van der Waals surface area contributed by atoms with Crippen molar-refractivity contribution in [3.63, 3.8) is 0 Å². The third kappa shape index (κ3) is 2.65. The molecule has 0 bridgehead atoms. The van der Waals surface area contributed by atoms with Crippen LogP contribution in [0.5, 0.6) is 5.88 Å². The Balaban J connectivity index is 2.85. The monoisotopic (exact) mass is 472 g/mol. The first-order valence-electron chi connectivity index (χ1n) is 4.90. The van der Waals surface area contributed by atoms with E-state index >= 15 is 0 Å². The predicted molar refractivity (Wildman–Crippen MR) is 82.8 cm³/mol. The van der Waals surface area contributed by atoms with E-state index in [4.69, 9.17) is 4.74 Å². The van der Waals surface area contributed by atoms with Crippen LogP contribution in [0.2, 0.25) is 0 Å². The quantitative estimate of drug-likeness (QED) is 0.625. The van der Waals surface area contributed by atoms with Gasteiger partial charge in [0, 0.05) is 10.8 Å². The van der Waals surface area contributed by atoms with Crippen molar-refractivity contribution < 1.29 is 13.2 Å². The number of hydrogen-bond acceptors (Lipinski definition) is 5. The lowest BCUT2D eigenvalue weighted by Gasteiger charge is -2.14. The Morgan fingerprint density at radius 1 is 1.11 bits per heavy atom. The number of aromatic nitrogens is 2. The molecule has 19 heavy (non-hydrogen) atoms. The average molecular weight is 475 g/mol. The smallest absolute Gasteiger partial charge is 0.241 e. The number of rotatable bonds is 2. The average Bonchev–Trinajstić information content (AvgIpc) is 2.36. The SMILES string of the molecule is COc1nnc(S(=O)(=O)C(Br)(Br)Br)c2ccccc12. The van der Waals surface area contributed by atoms with Crippen molar-refractivity contribution in [1.82, 2.24) is 10.2 Å². The van der Waals surface area contributed by atoms with E-state index in [1.807, 2.05) is 0 Å².